The predicted octanol–water partition coefficient (Wildman–Crippen LogP) is 1.50. The molecule has 2 N–H and O–H groups in total. The van der Waals surface area contributed by atoms with Crippen molar-refractivity contribution in [2.45, 2.75) is 33.1 Å². The molecule has 1 rings (SSSR count). The summed E-state index contributed by atoms with van der Waals surface area (Å²) in [6.07, 6.45) is 0. The van der Waals surface area contributed by atoms with Crippen LogP contribution in [0.5, 0.6) is 5.88 Å². The highest BCUT2D eigenvalue weighted by atomic mass is 16.5. The Labute approximate surface area is 102 Å². The molecular weight excluding hydrogens is 218 g/mol. The van der Waals surface area contributed by atoms with Crippen molar-refractivity contribution in [2.24, 2.45) is 0 Å². The molecule has 0 spiro atoms. The highest BCUT2D eigenvalue weighted by Gasteiger charge is 2.21. The predicted molar refractivity (Wildman–Crippen MR) is 67.6 cm³/mol. The third-order valence-corrected chi connectivity index (χ3v) is 2.34. The van der Waals surface area contributed by atoms with Gasteiger partial charge in [0, 0.05) is 12.5 Å². The van der Waals surface area contributed by atoms with E-state index in [1.807, 2.05) is 34.7 Å². The molecule has 0 aromatic carbocycles. The Morgan fingerprint density at radius 1 is 1.29 bits per heavy atom. The topological polar surface area (TPSA) is 67.3 Å². The summed E-state index contributed by atoms with van der Waals surface area (Å²) in [5, 5.41) is 11.8. The fraction of sp³-hybridized carbons (Fsp3) is 0.667. The molecule has 0 aliphatic carbocycles. The van der Waals surface area contributed by atoms with Gasteiger partial charge in [-0.2, -0.15) is 4.98 Å². The summed E-state index contributed by atoms with van der Waals surface area (Å²) in [5.74, 6) is 2.02. The lowest BCUT2D eigenvalue weighted by Gasteiger charge is -2.20. The van der Waals surface area contributed by atoms with E-state index >= 15 is 0 Å². The highest BCUT2D eigenvalue weighted by molar-refractivity contribution is 5.48. The fourth-order valence-corrected chi connectivity index (χ4v) is 1.36. The third-order valence-electron chi connectivity index (χ3n) is 2.34. The first kappa shape index (κ1) is 13.7. The second-order valence-electron chi connectivity index (χ2n) is 4.90. The Morgan fingerprint density at radius 3 is 2.41 bits per heavy atom. The van der Waals surface area contributed by atoms with Gasteiger partial charge in [0.25, 0.3) is 0 Å². The van der Waals surface area contributed by atoms with E-state index in [9.17, 15) is 0 Å². The molecular formula is C12H21N3O2. The zero-order chi connectivity index (χ0) is 13.1. The number of ether oxygens (including phenoxy) is 1. The first-order valence-electron chi connectivity index (χ1n) is 5.70. The molecule has 5 heteroatoms. The number of nitrogens with zero attached hydrogens (tertiary/aromatic N) is 2. The SMILES string of the molecule is CNc1nc(C(C)(C)C)nc(OCCO)c1C. The molecule has 1 heterocycles. The van der Waals surface area contributed by atoms with E-state index in [-0.39, 0.29) is 18.6 Å². The lowest BCUT2D eigenvalue weighted by atomic mass is 9.95. The van der Waals surface area contributed by atoms with Gasteiger partial charge >= 0.3 is 0 Å². The van der Waals surface area contributed by atoms with Gasteiger partial charge in [0.1, 0.15) is 18.2 Å². The zero-order valence-corrected chi connectivity index (χ0v) is 11.2. The number of aliphatic hydroxyl groups is 1. The summed E-state index contributed by atoms with van der Waals surface area (Å²) in [6, 6.07) is 0. The van der Waals surface area contributed by atoms with Crippen LogP contribution in [0.2, 0.25) is 0 Å². The second-order valence-corrected chi connectivity index (χ2v) is 4.90. The summed E-state index contributed by atoms with van der Waals surface area (Å²) < 4.78 is 5.42. The van der Waals surface area contributed by atoms with Crippen LogP contribution >= 0.6 is 0 Å². The molecule has 0 unspecified atom stereocenters. The van der Waals surface area contributed by atoms with Gasteiger partial charge in [-0.15, -0.1) is 0 Å². The maximum atomic E-state index is 8.79. The molecule has 0 atom stereocenters. The minimum atomic E-state index is -0.142. The van der Waals surface area contributed by atoms with Gasteiger partial charge in [-0.25, -0.2) is 4.98 Å². The molecule has 0 fully saturated rings. The minimum Gasteiger partial charge on any atom is -0.475 e. The van der Waals surface area contributed by atoms with Crippen molar-refractivity contribution in [3.05, 3.63) is 11.4 Å². The van der Waals surface area contributed by atoms with Crippen molar-refractivity contribution in [3.8, 4) is 5.88 Å². The molecule has 96 valence electrons. The highest BCUT2D eigenvalue weighted by Crippen LogP contribution is 2.27. The first-order chi connectivity index (χ1) is 7.90. The maximum Gasteiger partial charge on any atom is 0.221 e. The van der Waals surface area contributed by atoms with Crippen LogP contribution < -0.4 is 10.1 Å². The van der Waals surface area contributed by atoms with Crippen LogP contribution in [-0.2, 0) is 5.41 Å². The van der Waals surface area contributed by atoms with Crippen molar-refractivity contribution in [1.29, 1.82) is 0 Å². The van der Waals surface area contributed by atoms with Crippen LogP contribution in [0.25, 0.3) is 0 Å². The number of hydrogen-bond donors (Lipinski definition) is 2. The standard InChI is InChI=1S/C12H21N3O2/c1-8-9(13-5)14-11(12(2,3)4)15-10(8)17-7-6-16/h16H,6-7H2,1-5H3,(H,13,14,15). The van der Waals surface area contributed by atoms with Crippen molar-refractivity contribution in [3.63, 3.8) is 0 Å². The number of nitrogens with one attached hydrogen (secondary N) is 1. The van der Waals surface area contributed by atoms with Crippen molar-refractivity contribution < 1.29 is 9.84 Å². The monoisotopic (exact) mass is 239 g/mol. The molecule has 0 aliphatic heterocycles. The number of aromatic nitrogens is 2. The van der Waals surface area contributed by atoms with Gasteiger partial charge < -0.3 is 15.2 Å². The van der Waals surface area contributed by atoms with E-state index in [1.165, 1.54) is 0 Å². The lowest BCUT2D eigenvalue weighted by Crippen LogP contribution is -2.19. The average Bonchev–Trinajstić information content (AvgIpc) is 2.26. The van der Waals surface area contributed by atoms with Gasteiger partial charge in [0.15, 0.2) is 0 Å². The number of rotatable bonds is 4. The zero-order valence-electron chi connectivity index (χ0n) is 11.2. The minimum absolute atomic E-state index is 0.0246. The molecule has 0 bridgehead atoms. The van der Waals surface area contributed by atoms with Gasteiger partial charge in [0.2, 0.25) is 5.88 Å². The molecule has 0 radical (unpaired) electrons. The Morgan fingerprint density at radius 2 is 1.94 bits per heavy atom. The van der Waals surface area contributed by atoms with Crippen LogP contribution in [-0.4, -0.2) is 35.3 Å². The molecule has 0 amide bonds. The van der Waals surface area contributed by atoms with E-state index in [0.29, 0.717) is 5.88 Å². The number of hydrogen-bond acceptors (Lipinski definition) is 5. The summed E-state index contributed by atoms with van der Waals surface area (Å²) in [7, 11) is 1.82. The van der Waals surface area contributed by atoms with Crippen molar-refractivity contribution in [1.82, 2.24) is 9.97 Å². The van der Waals surface area contributed by atoms with Gasteiger partial charge in [0.05, 0.1) is 12.2 Å². The van der Waals surface area contributed by atoms with Gasteiger partial charge in [-0.05, 0) is 6.92 Å². The van der Waals surface area contributed by atoms with Crippen molar-refractivity contribution >= 4 is 5.82 Å². The lowest BCUT2D eigenvalue weighted by molar-refractivity contribution is 0.195. The molecule has 17 heavy (non-hydrogen) atoms. The van der Waals surface area contributed by atoms with Crippen LogP contribution in [0, 0.1) is 6.92 Å². The summed E-state index contributed by atoms with van der Waals surface area (Å²) in [5.41, 5.74) is 0.713. The van der Waals surface area contributed by atoms with Crippen LogP contribution in [0.4, 0.5) is 5.82 Å². The number of anilines is 1. The third kappa shape index (κ3) is 3.30. The average molecular weight is 239 g/mol. The smallest absolute Gasteiger partial charge is 0.221 e. The van der Waals surface area contributed by atoms with Gasteiger partial charge in [-0.1, -0.05) is 20.8 Å². The molecule has 0 saturated carbocycles. The molecule has 1 aromatic heterocycles. The Hall–Kier alpha value is -1.36. The quantitative estimate of drug-likeness (QED) is 0.833. The molecule has 5 nitrogen and oxygen atoms in total. The summed E-state index contributed by atoms with van der Waals surface area (Å²) in [4.78, 5) is 8.87. The second kappa shape index (κ2) is 5.31. The Balaban J connectivity index is 3.19. The Kier molecular flexibility index (Phi) is 4.28. The fourth-order valence-electron chi connectivity index (χ4n) is 1.36. The van der Waals surface area contributed by atoms with E-state index in [4.69, 9.17) is 9.84 Å². The first-order valence-corrected chi connectivity index (χ1v) is 5.70. The normalized spacial score (nSPS) is 11.4. The van der Waals surface area contributed by atoms with E-state index in [2.05, 4.69) is 15.3 Å². The molecule has 0 saturated heterocycles. The molecule has 1 aromatic rings. The maximum absolute atomic E-state index is 8.79. The van der Waals surface area contributed by atoms with Crippen molar-refractivity contribution in [2.75, 3.05) is 25.6 Å². The Bertz CT molecular complexity index is 386. The summed E-state index contributed by atoms with van der Waals surface area (Å²) >= 11 is 0. The summed E-state index contributed by atoms with van der Waals surface area (Å²) in [6.45, 7) is 8.26. The van der Waals surface area contributed by atoms with E-state index in [1.54, 1.807) is 0 Å². The largest absolute Gasteiger partial charge is 0.475 e. The molecule has 0 aliphatic rings. The number of aliphatic hydroxyl groups excluding tert-OH is 1. The van der Waals surface area contributed by atoms with E-state index in [0.717, 1.165) is 17.2 Å². The van der Waals surface area contributed by atoms with Crippen LogP contribution in [0.1, 0.15) is 32.2 Å². The van der Waals surface area contributed by atoms with E-state index < -0.39 is 0 Å². The van der Waals surface area contributed by atoms with Crippen LogP contribution in [0.15, 0.2) is 0 Å². The van der Waals surface area contributed by atoms with Crippen LogP contribution in [0.3, 0.4) is 0 Å². The van der Waals surface area contributed by atoms with Gasteiger partial charge in [-0.3, -0.25) is 0 Å².